The van der Waals surface area contributed by atoms with Gasteiger partial charge in [-0.1, -0.05) is 30.3 Å². The van der Waals surface area contributed by atoms with E-state index >= 15 is 0 Å². The lowest BCUT2D eigenvalue weighted by Gasteiger charge is -2.20. The Bertz CT molecular complexity index is 400. The second-order valence-electron chi connectivity index (χ2n) is 5.07. The minimum atomic E-state index is 0.648. The Kier molecular flexibility index (Phi) is 3.02. The van der Waals surface area contributed by atoms with Crippen molar-refractivity contribution < 1.29 is 0 Å². The van der Waals surface area contributed by atoms with Gasteiger partial charge >= 0.3 is 0 Å². The van der Waals surface area contributed by atoms with Crippen molar-refractivity contribution in [2.45, 2.75) is 31.2 Å². The van der Waals surface area contributed by atoms with Gasteiger partial charge in [0.25, 0.3) is 0 Å². The van der Waals surface area contributed by atoms with Gasteiger partial charge in [-0.3, -0.25) is 0 Å². The zero-order valence-corrected chi connectivity index (χ0v) is 10.7. The lowest BCUT2D eigenvalue weighted by Crippen LogP contribution is -2.39. The van der Waals surface area contributed by atoms with Gasteiger partial charge in [0, 0.05) is 25.0 Å². The summed E-state index contributed by atoms with van der Waals surface area (Å²) in [5, 5.41) is 4.39. The third-order valence-corrected chi connectivity index (χ3v) is 4.03. The van der Waals surface area contributed by atoms with Crippen LogP contribution in [-0.4, -0.2) is 29.1 Å². The van der Waals surface area contributed by atoms with Crippen LogP contribution < -0.4 is 5.32 Å². The molecule has 1 aromatic rings. The van der Waals surface area contributed by atoms with Crippen molar-refractivity contribution in [3.05, 3.63) is 35.9 Å². The molecule has 0 radical (unpaired) electrons. The molecular formula is C14H18N2S. The van der Waals surface area contributed by atoms with E-state index in [0.717, 1.165) is 18.2 Å². The van der Waals surface area contributed by atoms with Crippen LogP contribution in [0, 0.1) is 0 Å². The van der Waals surface area contributed by atoms with E-state index in [0.29, 0.717) is 12.0 Å². The second-order valence-corrected chi connectivity index (χ2v) is 5.45. The average Bonchev–Trinajstić information content (AvgIpc) is 3.04. The first-order chi connectivity index (χ1) is 8.33. The van der Waals surface area contributed by atoms with Gasteiger partial charge in [-0.25, -0.2) is 0 Å². The minimum Gasteiger partial charge on any atom is -0.360 e. The summed E-state index contributed by atoms with van der Waals surface area (Å²) in [5.41, 5.74) is 1.45. The van der Waals surface area contributed by atoms with E-state index in [9.17, 15) is 0 Å². The smallest absolute Gasteiger partial charge is 0.169 e. The molecule has 1 saturated carbocycles. The van der Waals surface area contributed by atoms with Crippen LogP contribution in [0.3, 0.4) is 0 Å². The molecular weight excluding hydrogens is 228 g/mol. The summed E-state index contributed by atoms with van der Waals surface area (Å²) < 4.78 is 0. The quantitative estimate of drug-likeness (QED) is 0.807. The van der Waals surface area contributed by atoms with E-state index in [1.807, 2.05) is 0 Å². The molecule has 17 heavy (non-hydrogen) atoms. The normalized spacial score (nSPS) is 23.8. The molecule has 1 unspecified atom stereocenters. The summed E-state index contributed by atoms with van der Waals surface area (Å²) in [6.45, 7) is 2.17. The highest BCUT2D eigenvalue weighted by Gasteiger charge is 2.28. The maximum absolute atomic E-state index is 5.45. The number of thiocarbonyl (C=S) groups is 1. The Morgan fingerprint density at radius 1 is 1.18 bits per heavy atom. The number of nitrogens with one attached hydrogen (secondary N) is 1. The van der Waals surface area contributed by atoms with Gasteiger partial charge in [-0.05, 0) is 37.0 Å². The third kappa shape index (κ3) is 2.60. The van der Waals surface area contributed by atoms with E-state index < -0.39 is 0 Å². The summed E-state index contributed by atoms with van der Waals surface area (Å²) in [5.74, 6) is 0.648. The molecule has 90 valence electrons. The Labute approximate surface area is 108 Å². The lowest BCUT2D eigenvalue weighted by molar-refractivity contribution is 0.498. The minimum absolute atomic E-state index is 0.648. The van der Waals surface area contributed by atoms with Crippen LogP contribution in [0.5, 0.6) is 0 Å². The summed E-state index contributed by atoms with van der Waals surface area (Å²) in [6, 6.07) is 11.4. The van der Waals surface area contributed by atoms with E-state index in [1.54, 1.807) is 0 Å². The van der Waals surface area contributed by atoms with Crippen LogP contribution in [0.15, 0.2) is 30.3 Å². The van der Waals surface area contributed by atoms with Crippen molar-refractivity contribution in [3.63, 3.8) is 0 Å². The standard InChI is InChI=1S/C14H18N2S/c17-14(15-13-6-7-13)16-9-8-12(10-16)11-4-2-1-3-5-11/h1-5,12-13H,6-10H2,(H,15,17). The molecule has 1 N–H and O–H groups in total. The van der Waals surface area contributed by atoms with E-state index in [1.165, 1.54) is 24.8 Å². The Balaban J connectivity index is 1.59. The number of likely N-dealkylation sites (tertiary alicyclic amines) is 1. The predicted octanol–water partition coefficient (Wildman–Crippen LogP) is 2.51. The molecule has 1 aromatic carbocycles. The molecule has 3 rings (SSSR count). The molecule has 2 fully saturated rings. The summed E-state index contributed by atoms with van der Waals surface area (Å²) in [4.78, 5) is 2.32. The number of hydrogen-bond donors (Lipinski definition) is 1. The Hall–Kier alpha value is -1.09. The molecule has 1 saturated heterocycles. The third-order valence-electron chi connectivity index (χ3n) is 3.65. The Morgan fingerprint density at radius 2 is 1.94 bits per heavy atom. The van der Waals surface area contributed by atoms with Gasteiger partial charge in [0.05, 0.1) is 0 Å². The van der Waals surface area contributed by atoms with Crippen LogP contribution in [0.25, 0.3) is 0 Å². The zero-order valence-electron chi connectivity index (χ0n) is 9.93. The van der Waals surface area contributed by atoms with Gasteiger partial charge in [0.15, 0.2) is 5.11 Å². The Morgan fingerprint density at radius 3 is 2.65 bits per heavy atom. The summed E-state index contributed by atoms with van der Waals surface area (Å²) >= 11 is 5.45. The predicted molar refractivity (Wildman–Crippen MR) is 74.1 cm³/mol. The second kappa shape index (κ2) is 4.65. The molecule has 3 heteroatoms. The number of rotatable bonds is 2. The molecule has 0 aromatic heterocycles. The van der Waals surface area contributed by atoms with Gasteiger partial charge in [-0.2, -0.15) is 0 Å². The fourth-order valence-electron chi connectivity index (χ4n) is 2.44. The highest BCUT2D eigenvalue weighted by atomic mass is 32.1. The highest BCUT2D eigenvalue weighted by molar-refractivity contribution is 7.80. The van der Waals surface area contributed by atoms with Crippen LogP contribution in [0.1, 0.15) is 30.7 Å². The first-order valence-corrected chi connectivity index (χ1v) is 6.84. The molecule has 0 spiro atoms. The maximum Gasteiger partial charge on any atom is 0.169 e. The fraction of sp³-hybridized carbons (Fsp3) is 0.500. The van der Waals surface area contributed by atoms with Crippen LogP contribution in [0.4, 0.5) is 0 Å². The van der Waals surface area contributed by atoms with Crippen molar-refractivity contribution in [1.82, 2.24) is 10.2 Å². The first kappa shape index (κ1) is 11.0. The summed E-state index contributed by atoms with van der Waals surface area (Å²) in [6.07, 6.45) is 3.79. The molecule has 1 aliphatic carbocycles. The van der Waals surface area contributed by atoms with E-state index in [2.05, 4.69) is 40.5 Å². The van der Waals surface area contributed by atoms with Crippen LogP contribution >= 0.6 is 12.2 Å². The van der Waals surface area contributed by atoms with Gasteiger partial charge in [-0.15, -0.1) is 0 Å². The van der Waals surface area contributed by atoms with Crippen LogP contribution in [0.2, 0.25) is 0 Å². The largest absolute Gasteiger partial charge is 0.360 e. The number of hydrogen-bond acceptors (Lipinski definition) is 1. The van der Waals surface area contributed by atoms with Crippen LogP contribution in [-0.2, 0) is 0 Å². The molecule has 0 bridgehead atoms. The average molecular weight is 246 g/mol. The lowest BCUT2D eigenvalue weighted by atomic mass is 9.99. The van der Waals surface area contributed by atoms with E-state index in [-0.39, 0.29) is 0 Å². The molecule has 2 aliphatic rings. The topological polar surface area (TPSA) is 15.3 Å². The van der Waals surface area contributed by atoms with Crippen molar-refractivity contribution >= 4 is 17.3 Å². The van der Waals surface area contributed by atoms with Crippen molar-refractivity contribution in [2.24, 2.45) is 0 Å². The van der Waals surface area contributed by atoms with Gasteiger partial charge in [0.2, 0.25) is 0 Å². The maximum atomic E-state index is 5.45. The monoisotopic (exact) mass is 246 g/mol. The summed E-state index contributed by atoms with van der Waals surface area (Å²) in [7, 11) is 0. The first-order valence-electron chi connectivity index (χ1n) is 6.43. The molecule has 1 heterocycles. The molecule has 0 amide bonds. The van der Waals surface area contributed by atoms with Crippen molar-refractivity contribution in [1.29, 1.82) is 0 Å². The molecule has 1 atom stereocenters. The van der Waals surface area contributed by atoms with E-state index in [4.69, 9.17) is 12.2 Å². The molecule has 2 nitrogen and oxygen atoms in total. The van der Waals surface area contributed by atoms with Crippen molar-refractivity contribution in [3.8, 4) is 0 Å². The number of nitrogens with zero attached hydrogens (tertiary/aromatic N) is 1. The zero-order chi connectivity index (χ0) is 11.7. The highest BCUT2D eigenvalue weighted by Crippen LogP contribution is 2.27. The SMILES string of the molecule is S=C(NC1CC1)N1CCC(c2ccccc2)C1. The van der Waals surface area contributed by atoms with Gasteiger partial charge < -0.3 is 10.2 Å². The van der Waals surface area contributed by atoms with Gasteiger partial charge in [0.1, 0.15) is 0 Å². The molecule has 1 aliphatic heterocycles. The van der Waals surface area contributed by atoms with Crippen molar-refractivity contribution in [2.75, 3.05) is 13.1 Å². The number of benzene rings is 1. The fourth-order valence-corrected chi connectivity index (χ4v) is 2.77.